The quantitative estimate of drug-likeness (QED) is 0.909. The molecule has 0 saturated carbocycles. The highest BCUT2D eigenvalue weighted by Gasteiger charge is 2.15. The number of anilines is 1. The standard InChI is InChI=1S/C15H16N2OS/c1-11-10-16-15(19-11)17-8-6-13(7-9-17)12-2-4-14(18)5-3-12/h2-6,10,18H,7-9H2,1H3. The average molecular weight is 272 g/mol. The van der Waals surface area contributed by atoms with Crippen LogP contribution in [0.15, 0.2) is 36.5 Å². The van der Waals surface area contributed by atoms with Crippen LogP contribution >= 0.6 is 11.3 Å². The summed E-state index contributed by atoms with van der Waals surface area (Å²) in [6.45, 7) is 3.99. The zero-order chi connectivity index (χ0) is 13.2. The summed E-state index contributed by atoms with van der Waals surface area (Å²) in [5.41, 5.74) is 2.55. The topological polar surface area (TPSA) is 36.4 Å². The fraction of sp³-hybridized carbons (Fsp3) is 0.267. The highest BCUT2D eigenvalue weighted by molar-refractivity contribution is 7.15. The lowest BCUT2D eigenvalue weighted by atomic mass is 10.00. The smallest absolute Gasteiger partial charge is 0.185 e. The van der Waals surface area contributed by atoms with Gasteiger partial charge in [-0.3, -0.25) is 0 Å². The van der Waals surface area contributed by atoms with Crippen molar-refractivity contribution in [1.29, 1.82) is 0 Å². The van der Waals surface area contributed by atoms with Gasteiger partial charge in [-0.2, -0.15) is 0 Å². The Morgan fingerprint density at radius 3 is 2.63 bits per heavy atom. The number of rotatable bonds is 2. The third-order valence-corrected chi connectivity index (χ3v) is 4.30. The molecule has 1 N–H and O–H groups in total. The van der Waals surface area contributed by atoms with Gasteiger partial charge < -0.3 is 10.0 Å². The summed E-state index contributed by atoms with van der Waals surface area (Å²) < 4.78 is 0. The lowest BCUT2D eigenvalue weighted by Gasteiger charge is -2.26. The number of hydrogen-bond donors (Lipinski definition) is 1. The first kappa shape index (κ1) is 12.2. The van der Waals surface area contributed by atoms with Crippen LogP contribution in [0.1, 0.15) is 16.9 Å². The number of aromatic hydroxyl groups is 1. The molecule has 4 heteroatoms. The van der Waals surface area contributed by atoms with Gasteiger partial charge in [0.25, 0.3) is 0 Å². The Morgan fingerprint density at radius 2 is 2.05 bits per heavy atom. The van der Waals surface area contributed by atoms with Crippen molar-refractivity contribution < 1.29 is 5.11 Å². The molecule has 0 amide bonds. The van der Waals surface area contributed by atoms with Gasteiger partial charge in [-0.1, -0.05) is 18.2 Å². The molecule has 98 valence electrons. The van der Waals surface area contributed by atoms with E-state index in [0.717, 1.165) is 24.6 Å². The van der Waals surface area contributed by atoms with Crippen molar-refractivity contribution in [2.75, 3.05) is 18.0 Å². The molecular weight excluding hydrogens is 256 g/mol. The molecule has 0 spiro atoms. The second-order valence-electron chi connectivity index (χ2n) is 4.73. The lowest BCUT2D eigenvalue weighted by molar-refractivity contribution is 0.475. The van der Waals surface area contributed by atoms with Crippen LogP contribution in [0.3, 0.4) is 0 Å². The van der Waals surface area contributed by atoms with E-state index in [0.29, 0.717) is 5.75 Å². The summed E-state index contributed by atoms with van der Waals surface area (Å²) in [6.07, 6.45) is 5.20. The maximum absolute atomic E-state index is 9.31. The van der Waals surface area contributed by atoms with Crippen LogP contribution in [0.25, 0.3) is 5.57 Å². The molecule has 0 atom stereocenters. The third-order valence-electron chi connectivity index (χ3n) is 3.33. The summed E-state index contributed by atoms with van der Waals surface area (Å²) >= 11 is 1.75. The maximum Gasteiger partial charge on any atom is 0.185 e. The zero-order valence-corrected chi connectivity index (χ0v) is 11.7. The Kier molecular flexibility index (Phi) is 3.25. The number of phenolic OH excluding ortho intramolecular Hbond substituents is 1. The molecule has 0 bridgehead atoms. The highest BCUT2D eigenvalue weighted by Crippen LogP contribution is 2.28. The molecule has 2 aromatic rings. The third kappa shape index (κ3) is 2.63. The molecule has 1 aliphatic heterocycles. The molecule has 3 nitrogen and oxygen atoms in total. The summed E-state index contributed by atoms with van der Waals surface area (Å²) in [5, 5.41) is 10.4. The van der Waals surface area contributed by atoms with Crippen LogP contribution < -0.4 is 4.90 Å². The van der Waals surface area contributed by atoms with Crippen LogP contribution in [0, 0.1) is 6.92 Å². The molecule has 3 rings (SSSR count). The first-order chi connectivity index (χ1) is 9.22. The number of thiazole rings is 1. The van der Waals surface area contributed by atoms with Crippen LogP contribution in [0.2, 0.25) is 0 Å². The highest BCUT2D eigenvalue weighted by atomic mass is 32.1. The number of nitrogens with zero attached hydrogens (tertiary/aromatic N) is 2. The molecule has 1 aromatic carbocycles. The number of phenols is 1. The van der Waals surface area contributed by atoms with Crippen LogP contribution in [0.5, 0.6) is 5.75 Å². The van der Waals surface area contributed by atoms with E-state index in [1.165, 1.54) is 16.0 Å². The summed E-state index contributed by atoms with van der Waals surface area (Å²) in [6, 6.07) is 7.44. The Bertz CT molecular complexity index is 601. The van der Waals surface area contributed by atoms with Gasteiger partial charge in [-0.15, -0.1) is 11.3 Å². The molecule has 0 fully saturated rings. The fourth-order valence-corrected chi connectivity index (χ4v) is 3.06. The van der Waals surface area contributed by atoms with E-state index < -0.39 is 0 Å². The predicted octanol–water partition coefficient (Wildman–Crippen LogP) is 3.45. The Morgan fingerprint density at radius 1 is 1.26 bits per heavy atom. The number of benzene rings is 1. The summed E-state index contributed by atoms with van der Waals surface area (Å²) in [4.78, 5) is 7.99. The Hall–Kier alpha value is -1.81. The molecular formula is C15H16N2OS. The Balaban J connectivity index is 1.75. The fourth-order valence-electron chi connectivity index (χ4n) is 2.27. The minimum atomic E-state index is 0.319. The molecule has 0 radical (unpaired) electrons. The van der Waals surface area contributed by atoms with Crippen LogP contribution in [-0.4, -0.2) is 23.2 Å². The van der Waals surface area contributed by atoms with E-state index in [2.05, 4.69) is 22.9 Å². The molecule has 1 aliphatic rings. The molecule has 2 heterocycles. The van der Waals surface area contributed by atoms with Crippen LogP contribution in [-0.2, 0) is 0 Å². The first-order valence-electron chi connectivity index (χ1n) is 6.38. The van der Waals surface area contributed by atoms with E-state index in [9.17, 15) is 5.11 Å². The Labute approximate surface area is 116 Å². The van der Waals surface area contributed by atoms with Gasteiger partial charge in [-0.05, 0) is 36.6 Å². The van der Waals surface area contributed by atoms with Crippen molar-refractivity contribution in [2.24, 2.45) is 0 Å². The number of hydrogen-bond acceptors (Lipinski definition) is 4. The number of aryl methyl sites for hydroxylation is 1. The van der Waals surface area contributed by atoms with Gasteiger partial charge in [0.1, 0.15) is 5.75 Å². The SMILES string of the molecule is Cc1cnc(N2CC=C(c3ccc(O)cc3)CC2)s1. The second kappa shape index (κ2) is 5.05. The van der Waals surface area contributed by atoms with E-state index in [-0.39, 0.29) is 0 Å². The molecule has 0 aliphatic carbocycles. The van der Waals surface area contributed by atoms with Gasteiger partial charge in [0.05, 0.1) is 0 Å². The molecule has 0 unspecified atom stereocenters. The van der Waals surface area contributed by atoms with Gasteiger partial charge in [0, 0.05) is 24.2 Å². The summed E-state index contributed by atoms with van der Waals surface area (Å²) in [5.74, 6) is 0.319. The second-order valence-corrected chi connectivity index (χ2v) is 5.94. The van der Waals surface area contributed by atoms with E-state index in [1.54, 1.807) is 23.5 Å². The van der Waals surface area contributed by atoms with E-state index in [4.69, 9.17) is 0 Å². The minimum absolute atomic E-state index is 0.319. The molecule has 0 saturated heterocycles. The van der Waals surface area contributed by atoms with Crippen LogP contribution in [0.4, 0.5) is 5.13 Å². The monoisotopic (exact) mass is 272 g/mol. The van der Waals surface area contributed by atoms with Crippen molar-refractivity contribution >= 4 is 22.0 Å². The zero-order valence-electron chi connectivity index (χ0n) is 10.8. The summed E-state index contributed by atoms with van der Waals surface area (Å²) in [7, 11) is 0. The largest absolute Gasteiger partial charge is 0.508 e. The van der Waals surface area contributed by atoms with Gasteiger partial charge in [0.2, 0.25) is 0 Å². The molecule has 19 heavy (non-hydrogen) atoms. The van der Waals surface area contributed by atoms with Gasteiger partial charge >= 0.3 is 0 Å². The van der Waals surface area contributed by atoms with Crippen molar-refractivity contribution in [3.63, 3.8) is 0 Å². The average Bonchev–Trinajstić information content (AvgIpc) is 2.87. The minimum Gasteiger partial charge on any atom is -0.508 e. The van der Waals surface area contributed by atoms with Crippen molar-refractivity contribution in [1.82, 2.24) is 4.98 Å². The van der Waals surface area contributed by atoms with Gasteiger partial charge in [-0.25, -0.2) is 4.98 Å². The van der Waals surface area contributed by atoms with E-state index >= 15 is 0 Å². The lowest BCUT2D eigenvalue weighted by Crippen LogP contribution is -2.27. The van der Waals surface area contributed by atoms with Crippen molar-refractivity contribution in [2.45, 2.75) is 13.3 Å². The normalized spacial score (nSPS) is 15.4. The van der Waals surface area contributed by atoms with Crippen molar-refractivity contribution in [3.05, 3.63) is 47.0 Å². The van der Waals surface area contributed by atoms with E-state index in [1.807, 2.05) is 18.3 Å². The van der Waals surface area contributed by atoms with Gasteiger partial charge in [0.15, 0.2) is 5.13 Å². The number of aromatic nitrogens is 1. The predicted molar refractivity (Wildman–Crippen MR) is 79.8 cm³/mol. The first-order valence-corrected chi connectivity index (χ1v) is 7.20. The molecule has 1 aromatic heterocycles. The maximum atomic E-state index is 9.31. The van der Waals surface area contributed by atoms with Crippen molar-refractivity contribution in [3.8, 4) is 5.75 Å².